The van der Waals surface area contributed by atoms with Crippen LogP contribution in [0.3, 0.4) is 0 Å². The fourth-order valence-corrected chi connectivity index (χ4v) is 9.45. The molecule has 60 heavy (non-hydrogen) atoms. The van der Waals surface area contributed by atoms with Crippen molar-refractivity contribution in [2.45, 2.75) is 23.6 Å². The summed E-state index contributed by atoms with van der Waals surface area (Å²) >= 11 is 2.87. The number of nitrogens with zero attached hydrogens (tertiary/aromatic N) is 4. The van der Waals surface area contributed by atoms with Crippen LogP contribution in [-0.2, 0) is 28.8 Å². The summed E-state index contributed by atoms with van der Waals surface area (Å²) in [5.74, 6) is 0. The summed E-state index contributed by atoms with van der Waals surface area (Å²) in [4.78, 5) is 9.39. The van der Waals surface area contributed by atoms with E-state index in [0.29, 0.717) is 21.4 Å². The summed E-state index contributed by atoms with van der Waals surface area (Å²) in [7, 11) is -8.11. The first-order valence-corrected chi connectivity index (χ1v) is 22.9. The maximum atomic E-state index is 12.8. The lowest BCUT2D eigenvalue weighted by atomic mass is 10.0. The molecule has 0 atom stereocenters. The first-order valence-electron chi connectivity index (χ1n) is 18.5. The summed E-state index contributed by atoms with van der Waals surface area (Å²) in [6.45, 7) is 3.77. The van der Waals surface area contributed by atoms with Gasteiger partial charge in [0.15, 0.2) is 0 Å². The molecule has 0 radical (unpaired) electrons. The van der Waals surface area contributed by atoms with Gasteiger partial charge in [-0.2, -0.15) is 16.8 Å². The van der Waals surface area contributed by atoms with Crippen molar-refractivity contribution in [3.05, 3.63) is 202 Å². The van der Waals surface area contributed by atoms with Gasteiger partial charge in [-0.3, -0.25) is 8.57 Å². The zero-order valence-corrected chi connectivity index (χ0v) is 35.3. The number of aryl methyl sites for hydroxylation is 2. The lowest BCUT2D eigenvalue weighted by Gasteiger charge is -2.08. The Balaban J connectivity index is 0.000000168. The summed E-state index contributed by atoms with van der Waals surface area (Å²) < 4.78 is 62.9. The van der Waals surface area contributed by atoms with E-state index in [4.69, 9.17) is 13.6 Å². The van der Waals surface area contributed by atoms with Gasteiger partial charge < -0.3 is 0 Å². The highest BCUT2D eigenvalue weighted by Crippen LogP contribution is 2.29. The Kier molecular flexibility index (Phi) is 11.6. The molecule has 9 aromatic rings. The molecule has 7 aromatic carbocycles. The molecule has 0 bridgehead atoms. The molecular formula is C46H34N4O6S4. The molecule has 0 saturated heterocycles. The Morgan fingerprint density at radius 3 is 1.48 bits per heavy atom. The molecule has 0 N–H and O–H groups in total. The minimum absolute atomic E-state index is 0.0495. The van der Waals surface area contributed by atoms with Crippen LogP contribution in [0, 0.1) is 13.8 Å². The maximum absolute atomic E-state index is 12.8. The summed E-state index contributed by atoms with van der Waals surface area (Å²) in [6.07, 6.45) is 0. The van der Waals surface area contributed by atoms with Crippen LogP contribution in [0.15, 0.2) is 190 Å². The Morgan fingerprint density at radius 2 is 0.933 bits per heavy atom. The maximum Gasteiger partial charge on any atom is 0.358 e. The van der Waals surface area contributed by atoms with E-state index in [1.54, 1.807) is 24.3 Å². The Hall–Kier alpha value is -6.58. The molecule has 0 fully saturated rings. The molecule has 0 aliphatic heterocycles. The first kappa shape index (κ1) is 40.2. The number of para-hydroxylation sites is 2. The average Bonchev–Trinajstić information content (AvgIpc) is 3.90. The van der Waals surface area contributed by atoms with E-state index in [-0.39, 0.29) is 9.79 Å². The second-order valence-electron chi connectivity index (χ2n) is 13.4. The first-order chi connectivity index (χ1) is 29.0. The number of thiazole rings is 2. The molecule has 0 unspecified atom stereocenters. The van der Waals surface area contributed by atoms with Crippen molar-refractivity contribution in [1.82, 2.24) is 9.97 Å². The average molecular weight is 867 g/mol. The number of hydrogen-bond acceptors (Lipinski definition) is 12. The Labute approximate surface area is 355 Å². The molecular weight excluding hydrogens is 833 g/mol. The zero-order chi connectivity index (χ0) is 41.7. The van der Waals surface area contributed by atoms with E-state index in [1.807, 2.05) is 135 Å². The van der Waals surface area contributed by atoms with Crippen molar-refractivity contribution in [2.75, 3.05) is 0 Å². The predicted octanol–water partition coefficient (Wildman–Crippen LogP) is 10.7. The van der Waals surface area contributed by atoms with Crippen molar-refractivity contribution in [2.24, 2.45) is 10.3 Å². The number of rotatable bonds is 10. The van der Waals surface area contributed by atoms with Gasteiger partial charge in [0.1, 0.15) is 31.2 Å². The third-order valence-corrected chi connectivity index (χ3v) is 13.5. The number of benzene rings is 7. The van der Waals surface area contributed by atoms with Crippen LogP contribution in [-0.4, -0.2) is 38.2 Å². The number of hydrogen-bond donors (Lipinski definition) is 0. The van der Waals surface area contributed by atoms with Crippen molar-refractivity contribution in [1.29, 1.82) is 0 Å². The van der Waals surface area contributed by atoms with Gasteiger partial charge in [0.2, 0.25) is 0 Å². The highest BCUT2D eigenvalue weighted by molar-refractivity contribution is 7.87. The molecule has 14 heteroatoms. The summed E-state index contributed by atoms with van der Waals surface area (Å²) in [6, 6.07) is 51.3. The lowest BCUT2D eigenvalue weighted by Crippen LogP contribution is -2.09. The van der Waals surface area contributed by atoms with Gasteiger partial charge in [-0.15, -0.1) is 22.7 Å². The molecule has 2 aromatic heterocycles. The van der Waals surface area contributed by atoms with E-state index >= 15 is 0 Å². The fourth-order valence-electron chi connectivity index (χ4n) is 6.06. The summed E-state index contributed by atoms with van der Waals surface area (Å²) in [5, 5.41) is 11.3. The van der Waals surface area contributed by atoms with E-state index < -0.39 is 20.2 Å². The lowest BCUT2D eigenvalue weighted by molar-refractivity contribution is 0.338. The second-order valence-corrected chi connectivity index (χ2v) is 18.5. The van der Waals surface area contributed by atoms with Crippen molar-refractivity contribution >= 4 is 85.5 Å². The minimum atomic E-state index is -4.08. The quantitative estimate of drug-likeness (QED) is 0.0978. The van der Waals surface area contributed by atoms with Gasteiger partial charge in [-0.25, -0.2) is 9.97 Å². The Morgan fingerprint density at radius 1 is 0.483 bits per heavy atom. The Bertz CT molecular complexity index is 3180. The standard InChI is InChI=1S/C25H18N2O3S2.C21H16N2O3S2/c1-17-13-15-19(16-14-17)32(28,29)30-27-24(25-26-22-11-4-5-12-23(22)31-25)21-10-6-8-18-7-2-3-9-20(18)21;1-15-11-13-17(14-12-15)28(24,25)26-23-20(16-7-3-2-4-8-16)21-22-18-9-5-6-10-19(18)27-21/h2-16H,1H3;2-14H,1H3/b27-24+;23-20+. The van der Waals surface area contributed by atoms with Crippen LogP contribution in [0.25, 0.3) is 31.2 Å². The molecule has 9 rings (SSSR count). The smallest absolute Gasteiger partial charge is 0.264 e. The highest BCUT2D eigenvalue weighted by Gasteiger charge is 2.22. The molecule has 298 valence electrons. The van der Waals surface area contributed by atoms with Gasteiger partial charge in [0, 0.05) is 11.1 Å². The van der Waals surface area contributed by atoms with E-state index in [1.165, 1.54) is 46.9 Å². The monoisotopic (exact) mass is 866 g/mol. The third-order valence-electron chi connectivity index (χ3n) is 9.16. The van der Waals surface area contributed by atoms with Gasteiger partial charge in [-0.1, -0.05) is 143 Å². The molecule has 10 nitrogen and oxygen atoms in total. The van der Waals surface area contributed by atoms with Crippen LogP contribution < -0.4 is 0 Å². The topological polar surface area (TPSA) is 137 Å². The summed E-state index contributed by atoms with van der Waals surface area (Å²) in [5.41, 5.74) is 5.78. The number of aromatic nitrogens is 2. The molecule has 2 heterocycles. The molecule has 0 aliphatic rings. The normalized spacial score (nSPS) is 12.3. The zero-order valence-electron chi connectivity index (χ0n) is 32.0. The van der Waals surface area contributed by atoms with Crippen LogP contribution in [0.4, 0.5) is 0 Å². The van der Waals surface area contributed by atoms with E-state index in [2.05, 4.69) is 15.3 Å². The van der Waals surface area contributed by atoms with Gasteiger partial charge in [0.25, 0.3) is 0 Å². The van der Waals surface area contributed by atoms with Crippen LogP contribution in [0.2, 0.25) is 0 Å². The SMILES string of the molecule is Cc1ccc(S(=O)(=O)O/N=C(/c2nc3ccccc3s2)c2cccc3ccccc23)cc1.Cc1ccc(S(=O)(=O)O/N=C(\c2ccccc2)c2nc3ccccc3s2)cc1. The van der Waals surface area contributed by atoms with Gasteiger partial charge in [-0.05, 0) is 73.2 Å². The second kappa shape index (κ2) is 17.3. The van der Waals surface area contributed by atoms with Crippen molar-refractivity contribution in [3.8, 4) is 0 Å². The largest absolute Gasteiger partial charge is 0.358 e. The minimum Gasteiger partial charge on any atom is -0.264 e. The molecule has 0 aliphatic carbocycles. The number of oxime groups is 2. The third kappa shape index (κ3) is 9.01. The van der Waals surface area contributed by atoms with E-state index in [9.17, 15) is 16.8 Å². The van der Waals surface area contributed by atoms with Crippen molar-refractivity contribution in [3.63, 3.8) is 0 Å². The van der Waals surface area contributed by atoms with Crippen molar-refractivity contribution < 1.29 is 25.4 Å². The molecule has 0 spiro atoms. The molecule has 0 saturated carbocycles. The number of fused-ring (bicyclic) bond motifs is 3. The highest BCUT2D eigenvalue weighted by atomic mass is 32.2. The van der Waals surface area contributed by atoms with E-state index in [0.717, 1.165) is 53.5 Å². The van der Waals surface area contributed by atoms with Crippen LogP contribution in [0.1, 0.15) is 32.3 Å². The fraction of sp³-hybridized carbons (Fsp3) is 0.0435. The predicted molar refractivity (Wildman–Crippen MR) is 240 cm³/mol. The van der Waals surface area contributed by atoms with Crippen LogP contribution >= 0.6 is 22.7 Å². The van der Waals surface area contributed by atoms with Crippen LogP contribution in [0.5, 0.6) is 0 Å². The van der Waals surface area contributed by atoms with Gasteiger partial charge in [0.05, 0.1) is 20.4 Å². The van der Waals surface area contributed by atoms with Gasteiger partial charge >= 0.3 is 20.2 Å². The molecule has 0 amide bonds.